The third kappa shape index (κ3) is 5.48. The van der Waals surface area contributed by atoms with Crippen molar-refractivity contribution < 1.29 is 14.3 Å². The second-order valence-electron chi connectivity index (χ2n) is 6.50. The maximum absolute atomic E-state index is 12.5. The first-order chi connectivity index (χ1) is 12.8. The third-order valence-corrected chi connectivity index (χ3v) is 4.25. The van der Waals surface area contributed by atoms with Crippen LogP contribution < -0.4 is 16.0 Å². The smallest absolute Gasteiger partial charge is 0.411 e. The van der Waals surface area contributed by atoms with Gasteiger partial charge in [-0.3, -0.25) is 10.1 Å². The van der Waals surface area contributed by atoms with Crippen LogP contribution in [0, 0.1) is 20.8 Å². The minimum atomic E-state index is -0.501. The molecule has 0 fully saturated rings. The van der Waals surface area contributed by atoms with E-state index in [0.29, 0.717) is 12.3 Å². The largest absolute Gasteiger partial charge is 0.450 e. The minimum Gasteiger partial charge on any atom is -0.450 e. The van der Waals surface area contributed by atoms with Crippen molar-refractivity contribution in [1.82, 2.24) is 0 Å². The normalized spacial score (nSPS) is 11.4. The Morgan fingerprint density at radius 3 is 2.37 bits per heavy atom. The first-order valence-electron chi connectivity index (χ1n) is 8.99. The van der Waals surface area contributed by atoms with Gasteiger partial charge in [-0.25, -0.2) is 4.79 Å². The van der Waals surface area contributed by atoms with E-state index in [1.54, 1.807) is 19.9 Å². The number of ether oxygens (including phenoxy) is 1. The number of hydrogen-bond acceptors (Lipinski definition) is 4. The van der Waals surface area contributed by atoms with E-state index < -0.39 is 12.1 Å². The Bertz CT molecular complexity index is 833. The number of nitrogens with one attached hydrogen (secondary N) is 3. The van der Waals surface area contributed by atoms with E-state index in [2.05, 4.69) is 16.0 Å². The van der Waals surface area contributed by atoms with Crippen molar-refractivity contribution in [2.45, 2.75) is 40.7 Å². The molecule has 2 rings (SSSR count). The second kappa shape index (κ2) is 9.07. The summed E-state index contributed by atoms with van der Waals surface area (Å²) in [6.45, 7) is 9.71. The monoisotopic (exact) mass is 369 g/mol. The van der Waals surface area contributed by atoms with Gasteiger partial charge in [-0.15, -0.1) is 0 Å². The van der Waals surface area contributed by atoms with Crippen LogP contribution in [0.15, 0.2) is 36.4 Å². The summed E-state index contributed by atoms with van der Waals surface area (Å²) in [5, 5.41) is 8.86. The molecule has 0 radical (unpaired) electrons. The Morgan fingerprint density at radius 1 is 1.00 bits per heavy atom. The zero-order valence-electron chi connectivity index (χ0n) is 16.5. The summed E-state index contributed by atoms with van der Waals surface area (Å²) in [4.78, 5) is 24.2. The maximum atomic E-state index is 12.5. The lowest BCUT2D eigenvalue weighted by atomic mass is 10.1. The Morgan fingerprint density at radius 2 is 1.70 bits per heavy atom. The molecule has 2 aromatic carbocycles. The fourth-order valence-electron chi connectivity index (χ4n) is 2.70. The van der Waals surface area contributed by atoms with Crippen molar-refractivity contribution >= 4 is 29.1 Å². The summed E-state index contributed by atoms with van der Waals surface area (Å²) >= 11 is 0. The highest BCUT2D eigenvalue weighted by Gasteiger charge is 2.16. The van der Waals surface area contributed by atoms with E-state index in [-0.39, 0.29) is 5.91 Å². The van der Waals surface area contributed by atoms with Gasteiger partial charge in [-0.2, -0.15) is 0 Å². The fraction of sp³-hybridized carbons (Fsp3) is 0.333. The first-order valence-corrected chi connectivity index (χ1v) is 8.99. The number of carbonyl (C=O) groups excluding carboxylic acids is 2. The van der Waals surface area contributed by atoms with Crippen molar-refractivity contribution in [3.05, 3.63) is 53.1 Å². The van der Waals surface area contributed by atoms with Gasteiger partial charge in [0.15, 0.2) is 0 Å². The van der Waals surface area contributed by atoms with Crippen LogP contribution in [-0.2, 0) is 9.53 Å². The van der Waals surface area contributed by atoms with Crippen LogP contribution in [-0.4, -0.2) is 24.6 Å². The van der Waals surface area contributed by atoms with Gasteiger partial charge in [-0.1, -0.05) is 23.8 Å². The topological polar surface area (TPSA) is 79.5 Å². The molecule has 0 aliphatic heterocycles. The summed E-state index contributed by atoms with van der Waals surface area (Å²) in [5.74, 6) is -0.134. The standard InChI is InChI=1S/C21H27N3O3/c1-6-27-21(26)24-19-9-7-8-18(15(19)4)22-16(5)20(25)23-17-11-10-13(2)12-14(17)3/h7-12,16,22H,6H2,1-5H3,(H,23,25)(H,24,26). The lowest BCUT2D eigenvalue weighted by Gasteiger charge is -2.19. The van der Waals surface area contributed by atoms with E-state index in [9.17, 15) is 9.59 Å². The van der Waals surface area contributed by atoms with Crippen LogP contribution in [0.2, 0.25) is 0 Å². The van der Waals surface area contributed by atoms with Gasteiger partial charge in [0, 0.05) is 17.1 Å². The van der Waals surface area contributed by atoms with Gasteiger partial charge in [0.2, 0.25) is 5.91 Å². The summed E-state index contributed by atoms with van der Waals surface area (Å²) in [6.07, 6.45) is -0.501. The van der Waals surface area contributed by atoms with Gasteiger partial charge in [0.25, 0.3) is 0 Å². The number of aryl methyl sites for hydroxylation is 2. The Kier molecular flexibility index (Phi) is 6.82. The minimum absolute atomic E-state index is 0.134. The molecule has 0 heterocycles. The lowest BCUT2D eigenvalue weighted by molar-refractivity contribution is -0.116. The number of hydrogen-bond donors (Lipinski definition) is 3. The number of anilines is 3. The van der Waals surface area contributed by atoms with Crippen LogP contribution in [0.25, 0.3) is 0 Å². The fourth-order valence-corrected chi connectivity index (χ4v) is 2.70. The molecule has 144 valence electrons. The van der Waals surface area contributed by atoms with Crippen molar-refractivity contribution in [3.63, 3.8) is 0 Å². The molecule has 2 amide bonds. The van der Waals surface area contributed by atoms with Crippen LogP contribution in [0.1, 0.15) is 30.5 Å². The number of benzene rings is 2. The summed E-state index contributed by atoms with van der Waals surface area (Å²) < 4.78 is 4.91. The van der Waals surface area contributed by atoms with Crippen LogP contribution in [0.5, 0.6) is 0 Å². The van der Waals surface area contributed by atoms with Crippen LogP contribution in [0.4, 0.5) is 21.9 Å². The molecule has 6 heteroatoms. The quantitative estimate of drug-likeness (QED) is 0.694. The highest BCUT2D eigenvalue weighted by atomic mass is 16.5. The zero-order valence-corrected chi connectivity index (χ0v) is 16.5. The van der Waals surface area contributed by atoms with E-state index >= 15 is 0 Å². The number of amides is 2. The average Bonchev–Trinajstić information content (AvgIpc) is 2.61. The molecule has 6 nitrogen and oxygen atoms in total. The van der Waals surface area contributed by atoms with Gasteiger partial charge >= 0.3 is 6.09 Å². The average molecular weight is 369 g/mol. The van der Waals surface area contributed by atoms with Gasteiger partial charge in [0.05, 0.1) is 6.61 Å². The second-order valence-corrected chi connectivity index (χ2v) is 6.50. The highest BCUT2D eigenvalue weighted by molar-refractivity contribution is 5.97. The maximum Gasteiger partial charge on any atom is 0.411 e. The molecule has 3 N–H and O–H groups in total. The molecule has 0 saturated heterocycles. The molecule has 2 aromatic rings. The first kappa shape index (κ1) is 20.3. The number of carbonyl (C=O) groups is 2. The van der Waals surface area contributed by atoms with Crippen molar-refractivity contribution in [1.29, 1.82) is 0 Å². The highest BCUT2D eigenvalue weighted by Crippen LogP contribution is 2.24. The van der Waals surface area contributed by atoms with Crippen LogP contribution in [0.3, 0.4) is 0 Å². The molecule has 0 spiro atoms. The van der Waals surface area contributed by atoms with E-state index in [1.807, 2.05) is 51.1 Å². The van der Waals surface area contributed by atoms with E-state index in [1.165, 1.54) is 0 Å². The molecular formula is C21H27N3O3. The van der Waals surface area contributed by atoms with Crippen molar-refractivity contribution in [2.75, 3.05) is 22.6 Å². The van der Waals surface area contributed by atoms with Crippen molar-refractivity contribution in [2.24, 2.45) is 0 Å². The Labute approximate surface area is 160 Å². The van der Waals surface area contributed by atoms with Gasteiger partial charge in [-0.05, 0) is 63.9 Å². The molecule has 0 aliphatic rings. The molecule has 0 aliphatic carbocycles. The van der Waals surface area contributed by atoms with Gasteiger partial charge in [0.1, 0.15) is 6.04 Å². The summed E-state index contributed by atoms with van der Waals surface area (Å²) in [7, 11) is 0. The molecule has 0 bridgehead atoms. The predicted octanol–water partition coefficient (Wildman–Crippen LogP) is 4.62. The predicted molar refractivity (Wildman–Crippen MR) is 109 cm³/mol. The Balaban J connectivity index is 2.07. The molecular weight excluding hydrogens is 342 g/mol. The molecule has 0 aromatic heterocycles. The lowest BCUT2D eigenvalue weighted by Crippen LogP contribution is -2.32. The molecule has 1 atom stereocenters. The number of rotatable bonds is 6. The van der Waals surface area contributed by atoms with Gasteiger partial charge < -0.3 is 15.4 Å². The Hall–Kier alpha value is -3.02. The zero-order chi connectivity index (χ0) is 20.0. The van der Waals surface area contributed by atoms with E-state index in [0.717, 1.165) is 28.1 Å². The molecule has 0 saturated carbocycles. The third-order valence-electron chi connectivity index (χ3n) is 4.25. The summed E-state index contributed by atoms with van der Waals surface area (Å²) in [6, 6.07) is 10.9. The van der Waals surface area contributed by atoms with Crippen LogP contribution >= 0.6 is 0 Å². The summed E-state index contributed by atoms with van der Waals surface area (Å²) in [5.41, 5.74) is 5.21. The SMILES string of the molecule is CCOC(=O)Nc1cccc(NC(C)C(=O)Nc2ccc(C)cc2C)c1C. The van der Waals surface area contributed by atoms with E-state index in [4.69, 9.17) is 4.74 Å². The molecule has 1 unspecified atom stereocenters. The van der Waals surface area contributed by atoms with Crippen molar-refractivity contribution in [3.8, 4) is 0 Å². The molecule has 27 heavy (non-hydrogen) atoms.